The van der Waals surface area contributed by atoms with Gasteiger partial charge in [-0.05, 0) is 29.7 Å². The van der Waals surface area contributed by atoms with Crippen LogP contribution in [0, 0.1) is 0 Å². The van der Waals surface area contributed by atoms with E-state index >= 15 is 0 Å². The Bertz CT molecular complexity index is 703. The number of thiocarbonyl (C=S) groups is 1. The maximum atomic E-state index is 12.1. The van der Waals surface area contributed by atoms with Gasteiger partial charge in [0.25, 0.3) is 11.5 Å². The van der Waals surface area contributed by atoms with Crippen LogP contribution in [0.5, 0.6) is 0 Å². The number of rotatable bonds is 0. The van der Waals surface area contributed by atoms with Gasteiger partial charge in [-0.2, -0.15) is 0 Å². The van der Waals surface area contributed by atoms with Crippen molar-refractivity contribution in [3.8, 4) is 0 Å². The number of carbonyl (C=O) groups excluding carboxylic acids is 1. The van der Waals surface area contributed by atoms with Crippen molar-refractivity contribution in [3.05, 3.63) is 46.4 Å². The molecule has 1 aromatic heterocycles. The largest absolute Gasteiger partial charge is 0.297 e. The van der Waals surface area contributed by atoms with Gasteiger partial charge in [0, 0.05) is 5.39 Å². The van der Waals surface area contributed by atoms with Gasteiger partial charge in [0.15, 0.2) is 5.11 Å². The van der Waals surface area contributed by atoms with Crippen LogP contribution in [-0.2, 0) is 0 Å². The van der Waals surface area contributed by atoms with Crippen LogP contribution in [-0.4, -0.2) is 15.6 Å². The van der Waals surface area contributed by atoms with Crippen molar-refractivity contribution < 1.29 is 4.79 Å². The third-order valence-electron chi connectivity index (χ3n) is 2.58. The molecule has 2 heterocycles. The lowest BCUT2D eigenvalue weighted by atomic mass is 10.1. The van der Waals surface area contributed by atoms with Crippen molar-refractivity contribution >= 4 is 34.0 Å². The average Bonchev–Trinajstić information content (AvgIpc) is 2.55. The molecule has 0 radical (unpaired) electrons. The van der Waals surface area contributed by atoms with Crippen molar-refractivity contribution in [2.24, 2.45) is 0 Å². The van der Waals surface area contributed by atoms with Crippen LogP contribution < -0.4 is 10.9 Å². The molecule has 0 saturated heterocycles. The van der Waals surface area contributed by atoms with Crippen LogP contribution in [0.4, 0.5) is 0 Å². The zero-order valence-corrected chi connectivity index (χ0v) is 8.88. The molecule has 0 atom stereocenters. The van der Waals surface area contributed by atoms with Crippen molar-refractivity contribution in [1.82, 2.24) is 9.88 Å². The van der Waals surface area contributed by atoms with E-state index in [0.29, 0.717) is 11.1 Å². The van der Waals surface area contributed by atoms with E-state index in [4.69, 9.17) is 12.2 Å². The lowest BCUT2D eigenvalue weighted by Crippen LogP contribution is -2.28. The molecule has 0 unspecified atom stereocenters. The molecule has 1 N–H and O–H groups in total. The zero-order valence-electron chi connectivity index (χ0n) is 8.06. The lowest BCUT2D eigenvalue weighted by Gasteiger charge is -2.02. The van der Waals surface area contributed by atoms with Gasteiger partial charge < -0.3 is 0 Å². The van der Waals surface area contributed by atoms with Gasteiger partial charge in [-0.15, -0.1) is 0 Å². The standard InChI is InChI=1S/C11H6N2O2S/c14-9-8-5-6-3-1-2-4-7(6)10(15)13(8)11(16)12-9/h1-5H,(H,12,14,16). The predicted molar refractivity (Wildman–Crippen MR) is 63.7 cm³/mol. The third-order valence-corrected chi connectivity index (χ3v) is 2.87. The van der Waals surface area contributed by atoms with Crippen molar-refractivity contribution in [1.29, 1.82) is 0 Å². The highest BCUT2D eigenvalue weighted by Gasteiger charge is 2.25. The number of nitrogens with one attached hydrogen (secondary N) is 1. The first-order chi connectivity index (χ1) is 7.68. The van der Waals surface area contributed by atoms with E-state index in [1.807, 2.05) is 6.07 Å². The molecule has 1 amide bonds. The van der Waals surface area contributed by atoms with Gasteiger partial charge in [-0.25, -0.2) is 4.57 Å². The van der Waals surface area contributed by atoms with Crippen LogP contribution in [0.2, 0.25) is 0 Å². The Morgan fingerprint density at radius 2 is 1.94 bits per heavy atom. The van der Waals surface area contributed by atoms with E-state index in [1.54, 1.807) is 24.3 Å². The van der Waals surface area contributed by atoms with E-state index < -0.39 is 0 Å². The van der Waals surface area contributed by atoms with E-state index in [2.05, 4.69) is 5.32 Å². The SMILES string of the molecule is O=C1NC(=S)n2c1cc1ccccc1c2=O. The summed E-state index contributed by atoms with van der Waals surface area (Å²) in [6, 6.07) is 8.79. The number of benzene rings is 1. The molecule has 3 rings (SSSR count). The van der Waals surface area contributed by atoms with E-state index in [1.165, 1.54) is 4.57 Å². The molecule has 0 bridgehead atoms. The maximum Gasteiger partial charge on any atom is 0.274 e. The first-order valence-corrected chi connectivity index (χ1v) is 5.10. The number of fused-ring (bicyclic) bond motifs is 2. The summed E-state index contributed by atoms with van der Waals surface area (Å²) in [4.78, 5) is 23.6. The molecule has 5 heteroatoms. The van der Waals surface area contributed by atoms with Crippen LogP contribution >= 0.6 is 12.2 Å². The van der Waals surface area contributed by atoms with Crippen LogP contribution in [0.1, 0.15) is 10.5 Å². The molecule has 1 aromatic carbocycles. The second kappa shape index (κ2) is 2.99. The Labute approximate surface area is 95.5 Å². The number of pyridine rings is 1. The second-order valence-electron chi connectivity index (χ2n) is 3.52. The van der Waals surface area contributed by atoms with E-state index in [0.717, 1.165) is 5.39 Å². The Kier molecular flexibility index (Phi) is 1.73. The molecule has 0 aliphatic carbocycles. The Morgan fingerprint density at radius 3 is 2.75 bits per heavy atom. The third kappa shape index (κ3) is 1.06. The number of carbonyl (C=O) groups is 1. The Balaban J connectivity index is 2.55. The Hall–Kier alpha value is -2.01. The molecule has 78 valence electrons. The Morgan fingerprint density at radius 1 is 1.19 bits per heavy atom. The fourth-order valence-electron chi connectivity index (χ4n) is 1.85. The van der Waals surface area contributed by atoms with Crippen LogP contribution in [0.25, 0.3) is 10.8 Å². The monoisotopic (exact) mass is 230 g/mol. The summed E-state index contributed by atoms with van der Waals surface area (Å²) in [5.74, 6) is -0.326. The highest BCUT2D eigenvalue weighted by Crippen LogP contribution is 2.14. The summed E-state index contributed by atoms with van der Waals surface area (Å²) in [7, 11) is 0. The molecule has 2 aromatic rings. The van der Waals surface area contributed by atoms with Crippen molar-refractivity contribution in [2.45, 2.75) is 0 Å². The minimum Gasteiger partial charge on any atom is -0.297 e. The van der Waals surface area contributed by atoms with Crippen molar-refractivity contribution in [2.75, 3.05) is 0 Å². The van der Waals surface area contributed by atoms with Gasteiger partial charge in [-0.1, -0.05) is 18.2 Å². The summed E-state index contributed by atoms with van der Waals surface area (Å²) >= 11 is 4.93. The highest BCUT2D eigenvalue weighted by atomic mass is 32.1. The molecule has 0 spiro atoms. The molecule has 1 aliphatic heterocycles. The summed E-state index contributed by atoms with van der Waals surface area (Å²) in [6.45, 7) is 0. The smallest absolute Gasteiger partial charge is 0.274 e. The minimum atomic E-state index is -0.326. The fraction of sp³-hybridized carbons (Fsp3) is 0. The molecule has 0 saturated carbocycles. The van der Waals surface area contributed by atoms with Gasteiger partial charge >= 0.3 is 0 Å². The molecule has 4 nitrogen and oxygen atoms in total. The van der Waals surface area contributed by atoms with Gasteiger partial charge in [0.2, 0.25) is 0 Å². The molecular weight excluding hydrogens is 224 g/mol. The number of amides is 1. The number of nitrogens with zero attached hydrogens (tertiary/aromatic N) is 1. The zero-order chi connectivity index (χ0) is 11.3. The highest BCUT2D eigenvalue weighted by molar-refractivity contribution is 7.80. The van der Waals surface area contributed by atoms with Gasteiger partial charge in [-0.3, -0.25) is 14.9 Å². The summed E-state index contributed by atoms with van der Waals surface area (Å²) in [5, 5.41) is 3.91. The number of aromatic nitrogens is 1. The fourth-order valence-corrected chi connectivity index (χ4v) is 2.12. The van der Waals surface area contributed by atoms with E-state index in [-0.39, 0.29) is 16.6 Å². The predicted octanol–water partition coefficient (Wildman–Crippen LogP) is 0.878. The van der Waals surface area contributed by atoms with E-state index in [9.17, 15) is 9.59 Å². The molecule has 16 heavy (non-hydrogen) atoms. The van der Waals surface area contributed by atoms with Gasteiger partial charge in [0.1, 0.15) is 5.69 Å². The maximum absolute atomic E-state index is 12.1. The molecular formula is C11H6N2O2S. The average molecular weight is 230 g/mol. The van der Waals surface area contributed by atoms with Crippen LogP contribution in [0.15, 0.2) is 35.1 Å². The normalized spacial score (nSPS) is 14.0. The minimum absolute atomic E-state index is 0.149. The first kappa shape index (κ1) is 9.23. The molecule has 1 aliphatic rings. The van der Waals surface area contributed by atoms with Crippen molar-refractivity contribution in [3.63, 3.8) is 0 Å². The van der Waals surface area contributed by atoms with Gasteiger partial charge in [0.05, 0.1) is 0 Å². The summed E-state index contributed by atoms with van der Waals surface area (Å²) in [5.41, 5.74) is 0.0464. The first-order valence-electron chi connectivity index (χ1n) is 4.69. The molecule has 0 fully saturated rings. The number of hydrogen-bond donors (Lipinski definition) is 1. The quantitative estimate of drug-likeness (QED) is 0.683. The second-order valence-corrected chi connectivity index (χ2v) is 3.90. The topological polar surface area (TPSA) is 51.1 Å². The number of hydrogen-bond acceptors (Lipinski definition) is 3. The van der Waals surface area contributed by atoms with Crippen LogP contribution in [0.3, 0.4) is 0 Å². The summed E-state index contributed by atoms with van der Waals surface area (Å²) < 4.78 is 1.24. The summed E-state index contributed by atoms with van der Waals surface area (Å²) in [6.07, 6.45) is 0. The lowest BCUT2D eigenvalue weighted by molar-refractivity contribution is 0.0981.